The molecular formula is C9H13IN2O3. The van der Waals surface area contributed by atoms with E-state index in [4.69, 9.17) is 4.74 Å². The smallest absolute Gasteiger partial charge is 0.328 e. The molecule has 1 aromatic heterocycles. The number of methoxy groups -OCH3 is 1. The van der Waals surface area contributed by atoms with Crippen molar-refractivity contribution in [1.82, 2.24) is 9.55 Å². The molecule has 1 heterocycles. The second kappa shape index (κ2) is 4.48. The maximum absolute atomic E-state index is 11.4. The highest BCUT2D eigenvalue weighted by Crippen LogP contribution is 2.09. The Morgan fingerprint density at radius 1 is 1.53 bits per heavy atom. The molecule has 0 aromatic carbocycles. The highest BCUT2D eigenvalue weighted by molar-refractivity contribution is 14.1. The molecule has 0 fully saturated rings. The molecule has 6 heteroatoms. The normalized spacial score (nSPS) is 11.7. The third kappa shape index (κ3) is 3.16. The zero-order valence-electron chi connectivity index (χ0n) is 8.83. The van der Waals surface area contributed by atoms with Crippen molar-refractivity contribution in [2.75, 3.05) is 7.11 Å². The van der Waals surface area contributed by atoms with Crippen LogP contribution in [0.25, 0.3) is 0 Å². The molecule has 0 radical (unpaired) electrons. The van der Waals surface area contributed by atoms with Gasteiger partial charge in [-0.2, -0.15) is 0 Å². The number of aromatic nitrogens is 2. The molecule has 0 bridgehead atoms. The first kappa shape index (κ1) is 12.4. The minimum absolute atomic E-state index is 0.355. The van der Waals surface area contributed by atoms with E-state index in [-0.39, 0.29) is 5.56 Å². The van der Waals surface area contributed by atoms with E-state index in [1.165, 1.54) is 10.8 Å². The molecule has 0 unspecified atom stereocenters. The lowest BCUT2D eigenvalue weighted by atomic mass is 10.1. The first-order valence-electron chi connectivity index (χ1n) is 4.40. The zero-order valence-corrected chi connectivity index (χ0v) is 11.0. The lowest BCUT2D eigenvalue weighted by Gasteiger charge is -2.23. The molecule has 0 atom stereocenters. The fourth-order valence-corrected chi connectivity index (χ4v) is 1.55. The topological polar surface area (TPSA) is 64.1 Å². The van der Waals surface area contributed by atoms with Gasteiger partial charge in [-0.25, -0.2) is 4.79 Å². The predicted molar refractivity (Wildman–Crippen MR) is 65.1 cm³/mol. The van der Waals surface area contributed by atoms with Gasteiger partial charge in [0.15, 0.2) is 0 Å². The van der Waals surface area contributed by atoms with Crippen molar-refractivity contribution in [3.8, 4) is 0 Å². The molecule has 0 aliphatic rings. The Kier molecular flexibility index (Phi) is 3.72. The van der Waals surface area contributed by atoms with Crippen LogP contribution >= 0.6 is 22.6 Å². The lowest BCUT2D eigenvalue weighted by Crippen LogP contribution is -2.38. The first-order valence-corrected chi connectivity index (χ1v) is 5.48. The summed E-state index contributed by atoms with van der Waals surface area (Å²) in [7, 11) is 1.59. The number of aromatic amines is 1. The van der Waals surface area contributed by atoms with Crippen molar-refractivity contribution in [1.29, 1.82) is 0 Å². The van der Waals surface area contributed by atoms with Crippen LogP contribution < -0.4 is 11.2 Å². The molecule has 84 valence electrons. The fourth-order valence-electron chi connectivity index (χ4n) is 1.07. The predicted octanol–water partition coefficient (Wildman–Crippen LogP) is 0.566. The van der Waals surface area contributed by atoms with E-state index >= 15 is 0 Å². The van der Waals surface area contributed by atoms with Crippen LogP contribution in [0.5, 0.6) is 0 Å². The van der Waals surface area contributed by atoms with E-state index in [0.29, 0.717) is 10.1 Å². The Hall–Kier alpha value is -0.630. The van der Waals surface area contributed by atoms with Crippen LogP contribution in [0, 0.1) is 3.57 Å². The van der Waals surface area contributed by atoms with Crippen molar-refractivity contribution in [3.63, 3.8) is 0 Å². The quantitative estimate of drug-likeness (QED) is 0.827. The summed E-state index contributed by atoms with van der Waals surface area (Å²) in [6.07, 6.45) is 1.53. The van der Waals surface area contributed by atoms with Crippen molar-refractivity contribution in [3.05, 3.63) is 30.6 Å². The van der Waals surface area contributed by atoms with Crippen LogP contribution in [0.3, 0.4) is 0 Å². The van der Waals surface area contributed by atoms with E-state index in [0.717, 1.165) is 0 Å². The van der Waals surface area contributed by atoms with E-state index in [1.807, 2.05) is 36.4 Å². The summed E-state index contributed by atoms with van der Waals surface area (Å²) in [6.45, 7) is 4.14. The van der Waals surface area contributed by atoms with Gasteiger partial charge in [0.25, 0.3) is 5.56 Å². The number of nitrogens with zero attached hydrogens (tertiary/aromatic N) is 1. The molecule has 0 saturated carbocycles. The van der Waals surface area contributed by atoms with Gasteiger partial charge in [0.05, 0.1) is 15.7 Å². The summed E-state index contributed by atoms with van der Waals surface area (Å²) in [5.41, 5.74) is -1.21. The number of nitrogens with one attached hydrogen (secondary N) is 1. The fraction of sp³-hybridized carbons (Fsp3) is 0.556. The molecule has 1 aromatic rings. The van der Waals surface area contributed by atoms with Crippen LogP contribution in [0.2, 0.25) is 0 Å². The van der Waals surface area contributed by atoms with Gasteiger partial charge in [-0.1, -0.05) is 0 Å². The maximum Gasteiger partial charge on any atom is 0.328 e. The number of rotatable bonds is 3. The third-order valence-corrected chi connectivity index (χ3v) is 2.84. The van der Waals surface area contributed by atoms with Crippen molar-refractivity contribution in [2.45, 2.75) is 26.0 Å². The monoisotopic (exact) mass is 324 g/mol. The summed E-state index contributed by atoms with van der Waals surface area (Å²) >= 11 is 1.89. The van der Waals surface area contributed by atoms with Gasteiger partial charge in [0.1, 0.15) is 0 Å². The molecule has 1 rings (SSSR count). The summed E-state index contributed by atoms with van der Waals surface area (Å²) < 4.78 is 7.13. The summed E-state index contributed by atoms with van der Waals surface area (Å²) in [5.74, 6) is 0. The Labute approximate surface area is 101 Å². The largest absolute Gasteiger partial charge is 0.377 e. The van der Waals surface area contributed by atoms with Crippen LogP contribution in [0.15, 0.2) is 15.8 Å². The minimum atomic E-state index is -0.439. The van der Waals surface area contributed by atoms with Crippen LogP contribution in [-0.4, -0.2) is 22.3 Å². The Morgan fingerprint density at radius 2 is 2.13 bits per heavy atom. The molecule has 0 spiro atoms. The Bertz CT molecular complexity index is 461. The summed E-state index contributed by atoms with van der Waals surface area (Å²) in [4.78, 5) is 24.8. The molecular weight excluding hydrogens is 311 g/mol. The third-order valence-electron chi connectivity index (χ3n) is 2.07. The second-order valence-corrected chi connectivity index (χ2v) is 4.99. The molecule has 0 aliphatic heterocycles. The number of H-pyrrole nitrogens is 1. The van der Waals surface area contributed by atoms with Crippen molar-refractivity contribution >= 4 is 22.6 Å². The SMILES string of the molecule is COC(C)(C)Cn1cc(I)c(=O)[nH]c1=O. The minimum Gasteiger partial charge on any atom is -0.377 e. The molecule has 0 saturated heterocycles. The second-order valence-electron chi connectivity index (χ2n) is 3.83. The van der Waals surface area contributed by atoms with Crippen LogP contribution in [0.4, 0.5) is 0 Å². The molecule has 5 nitrogen and oxygen atoms in total. The number of ether oxygens (including phenoxy) is 1. The average Bonchev–Trinajstić information content (AvgIpc) is 2.14. The van der Waals surface area contributed by atoms with E-state index in [2.05, 4.69) is 4.98 Å². The molecule has 0 amide bonds. The van der Waals surface area contributed by atoms with Gasteiger partial charge in [0, 0.05) is 13.3 Å². The van der Waals surface area contributed by atoms with Gasteiger partial charge < -0.3 is 4.74 Å². The maximum atomic E-state index is 11.4. The van der Waals surface area contributed by atoms with E-state index in [1.54, 1.807) is 7.11 Å². The number of hydrogen-bond acceptors (Lipinski definition) is 3. The van der Waals surface area contributed by atoms with E-state index < -0.39 is 11.3 Å². The molecule has 15 heavy (non-hydrogen) atoms. The van der Waals surface area contributed by atoms with E-state index in [9.17, 15) is 9.59 Å². The van der Waals surface area contributed by atoms with Gasteiger partial charge in [-0.15, -0.1) is 0 Å². The van der Waals surface area contributed by atoms with Crippen molar-refractivity contribution < 1.29 is 4.74 Å². The number of halogens is 1. The van der Waals surface area contributed by atoms with Gasteiger partial charge in [-0.05, 0) is 36.4 Å². The molecule has 0 aliphatic carbocycles. The molecule has 1 N–H and O–H groups in total. The highest BCUT2D eigenvalue weighted by Gasteiger charge is 2.18. The average molecular weight is 324 g/mol. The van der Waals surface area contributed by atoms with Crippen LogP contribution in [0.1, 0.15) is 13.8 Å². The summed E-state index contributed by atoms with van der Waals surface area (Å²) in [5, 5.41) is 0. The Morgan fingerprint density at radius 3 is 2.67 bits per heavy atom. The Balaban J connectivity index is 3.12. The van der Waals surface area contributed by atoms with Crippen molar-refractivity contribution in [2.24, 2.45) is 0 Å². The highest BCUT2D eigenvalue weighted by atomic mass is 127. The summed E-state index contributed by atoms with van der Waals surface area (Å²) in [6, 6.07) is 0. The zero-order chi connectivity index (χ0) is 11.6. The van der Waals surface area contributed by atoms with Gasteiger partial charge in [-0.3, -0.25) is 14.3 Å². The number of hydrogen-bond donors (Lipinski definition) is 1. The first-order chi connectivity index (χ1) is 6.85. The standard InChI is InChI=1S/C9H13IN2O3/c1-9(2,15-3)5-12-4-6(10)7(13)11-8(12)14/h4H,5H2,1-3H3,(H,11,13,14). The van der Waals surface area contributed by atoms with Gasteiger partial charge >= 0.3 is 5.69 Å². The van der Waals surface area contributed by atoms with Crippen LogP contribution in [-0.2, 0) is 11.3 Å². The van der Waals surface area contributed by atoms with Gasteiger partial charge in [0.2, 0.25) is 0 Å². The lowest BCUT2D eigenvalue weighted by molar-refractivity contribution is 0.00700.